The van der Waals surface area contributed by atoms with Gasteiger partial charge < -0.3 is 15.5 Å². The molecule has 0 atom stereocenters. The third-order valence-corrected chi connectivity index (χ3v) is 7.99. The van der Waals surface area contributed by atoms with Gasteiger partial charge in [0.1, 0.15) is 4.83 Å². The van der Waals surface area contributed by atoms with E-state index in [4.69, 9.17) is 0 Å². The molecule has 1 saturated carbocycles. The lowest BCUT2D eigenvalue weighted by Crippen LogP contribution is -2.32. The molecule has 3 heterocycles. The molecule has 0 aromatic carbocycles. The van der Waals surface area contributed by atoms with Gasteiger partial charge in [-0.15, -0.1) is 11.3 Å². The number of nitrogens with one attached hydrogen (secondary N) is 2. The minimum absolute atomic E-state index is 0.0127. The summed E-state index contributed by atoms with van der Waals surface area (Å²) in [7, 11) is 1.69. The summed E-state index contributed by atoms with van der Waals surface area (Å²) in [4.78, 5) is 33.4. The van der Waals surface area contributed by atoms with Crippen molar-refractivity contribution in [2.75, 3.05) is 33.2 Å². The van der Waals surface area contributed by atoms with Gasteiger partial charge in [-0.1, -0.05) is 6.07 Å². The fourth-order valence-corrected chi connectivity index (χ4v) is 6.29. The Morgan fingerprint density at radius 1 is 1.19 bits per heavy atom. The standard InChI is InChI=1S/C24H34N4O2S/c1-25-23(30)22-21(19-6-4-12-26-24(19)31-22)18-10-8-17(9-11-18)16-27-20(29)7-5-15-28-13-2-3-14-28/h4,6,12,17-18H,2-3,5,7-11,13-16H2,1H3,(H,25,30)(H,27,29). The molecule has 0 spiro atoms. The molecule has 2 N–H and O–H groups in total. The number of hydrogen-bond acceptors (Lipinski definition) is 5. The number of pyridine rings is 1. The van der Waals surface area contributed by atoms with Gasteiger partial charge in [-0.25, -0.2) is 4.98 Å². The van der Waals surface area contributed by atoms with Gasteiger partial charge >= 0.3 is 0 Å². The van der Waals surface area contributed by atoms with Crippen LogP contribution in [-0.2, 0) is 4.79 Å². The fraction of sp³-hybridized carbons (Fsp3) is 0.625. The molecule has 31 heavy (non-hydrogen) atoms. The average molecular weight is 443 g/mol. The molecule has 2 aliphatic rings. The van der Waals surface area contributed by atoms with Gasteiger partial charge in [-0.05, 0) is 88.0 Å². The van der Waals surface area contributed by atoms with Crippen molar-refractivity contribution in [3.8, 4) is 0 Å². The minimum Gasteiger partial charge on any atom is -0.356 e. The third kappa shape index (κ3) is 5.44. The van der Waals surface area contributed by atoms with E-state index in [1.807, 2.05) is 6.07 Å². The predicted octanol–water partition coefficient (Wildman–Crippen LogP) is 3.92. The highest BCUT2D eigenvalue weighted by Gasteiger charge is 2.29. The van der Waals surface area contributed by atoms with E-state index in [2.05, 4.69) is 26.6 Å². The quantitative estimate of drug-likeness (QED) is 0.650. The number of hydrogen-bond donors (Lipinski definition) is 2. The Hall–Kier alpha value is -1.99. The molecule has 7 heteroatoms. The number of thiophene rings is 1. The van der Waals surface area contributed by atoms with E-state index < -0.39 is 0 Å². The Labute approximate surface area is 188 Å². The summed E-state index contributed by atoms with van der Waals surface area (Å²) in [5.41, 5.74) is 1.18. The zero-order valence-corrected chi connectivity index (χ0v) is 19.3. The monoisotopic (exact) mass is 442 g/mol. The summed E-state index contributed by atoms with van der Waals surface area (Å²) in [6.45, 7) is 4.23. The summed E-state index contributed by atoms with van der Waals surface area (Å²) < 4.78 is 0. The van der Waals surface area contributed by atoms with Crippen molar-refractivity contribution in [3.63, 3.8) is 0 Å². The molecule has 0 bridgehead atoms. The van der Waals surface area contributed by atoms with E-state index in [-0.39, 0.29) is 11.8 Å². The van der Waals surface area contributed by atoms with Crippen molar-refractivity contribution in [1.82, 2.24) is 20.5 Å². The van der Waals surface area contributed by atoms with Crippen LogP contribution in [0.5, 0.6) is 0 Å². The molecule has 0 radical (unpaired) electrons. The van der Waals surface area contributed by atoms with Gasteiger partial charge in [0.25, 0.3) is 5.91 Å². The topological polar surface area (TPSA) is 74.3 Å². The number of likely N-dealkylation sites (tertiary alicyclic amines) is 1. The van der Waals surface area contributed by atoms with Crippen LogP contribution in [-0.4, -0.2) is 54.9 Å². The molecule has 4 rings (SSSR count). The van der Waals surface area contributed by atoms with E-state index in [1.165, 1.54) is 42.8 Å². The second-order valence-corrected chi connectivity index (χ2v) is 9.95. The molecule has 2 amide bonds. The lowest BCUT2D eigenvalue weighted by atomic mass is 9.78. The zero-order valence-electron chi connectivity index (χ0n) is 18.5. The van der Waals surface area contributed by atoms with Crippen LogP contribution in [0.2, 0.25) is 0 Å². The predicted molar refractivity (Wildman–Crippen MR) is 126 cm³/mol. The van der Waals surface area contributed by atoms with E-state index in [0.29, 0.717) is 18.3 Å². The molecule has 6 nitrogen and oxygen atoms in total. The smallest absolute Gasteiger partial charge is 0.261 e. The number of carbonyl (C=O) groups excluding carboxylic acids is 2. The van der Waals surface area contributed by atoms with Crippen LogP contribution >= 0.6 is 11.3 Å². The van der Waals surface area contributed by atoms with Crippen LogP contribution in [0.1, 0.15) is 72.5 Å². The highest BCUT2D eigenvalue weighted by atomic mass is 32.1. The van der Waals surface area contributed by atoms with E-state index in [0.717, 1.165) is 60.3 Å². The van der Waals surface area contributed by atoms with Gasteiger partial charge in [0.2, 0.25) is 5.91 Å². The maximum absolute atomic E-state index is 12.5. The number of carbonyl (C=O) groups is 2. The summed E-state index contributed by atoms with van der Waals surface area (Å²) in [5.74, 6) is 1.10. The van der Waals surface area contributed by atoms with Gasteiger partial charge in [0, 0.05) is 31.6 Å². The second kappa shape index (κ2) is 10.6. The average Bonchev–Trinajstić information content (AvgIpc) is 3.45. The molecule has 1 aliphatic carbocycles. The molecular formula is C24H34N4O2S. The number of rotatable bonds is 8. The molecule has 1 saturated heterocycles. The van der Waals surface area contributed by atoms with Gasteiger partial charge in [0.15, 0.2) is 0 Å². The molecule has 168 valence electrons. The van der Waals surface area contributed by atoms with Crippen molar-refractivity contribution in [1.29, 1.82) is 0 Å². The highest BCUT2D eigenvalue weighted by Crippen LogP contribution is 2.43. The molecule has 2 fully saturated rings. The first-order valence-electron chi connectivity index (χ1n) is 11.7. The summed E-state index contributed by atoms with van der Waals surface area (Å²) in [6.07, 6.45) is 10.3. The van der Waals surface area contributed by atoms with E-state index in [9.17, 15) is 9.59 Å². The SMILES string of the molecule is CNC(=O)c1sc2ncccc2c1C1CCC(CNC(=O)CCCN2CCCC2)CC1. The second-order valence-electron chi connectivity index (χ2n) is 8.95. The van der Waals surface area contributed by atoms with Gasteiger partial charge in [-0.3, -0.25) is 9.59 Å². The summed E-state index contributed by atoms with van der Waals surface area (Å²) in [6, 6.07) is 4.05. The van der Waals surface area contributed by atoms with Crippen LogP contribution in [0.3, 0.4) is 0 Å². The maximum atomic E-state index is 12.5. The van der Waals surface area contributed by atoms with Crippen molar-refractivity contribution in [3.05, 3.63) is 28.8 Å². The van der Waals surface area contributed by atoms with Crippen molar-refractivity contribution in [2.45, 2.75) is 57.3 Å². The Morgan fingerprint density at radius 3 is 2.71 bits per heavy atom. The van der Waals surface area contributed by atoms with Crippen molar-refractivity contribution >= 4 is 33.4 Å². The van der Waals surface area contributed by atoms with Crippen LogP contribution < -0.4 is 10.6 Å². The normalized spacial score (nSPS) is 22.0. The number of aromatic nitrogens is 1. The minimum atomic E-state index is -0.0127. The third-order valence-electron chi connectivity index (χ3n) is 6.86. The van der Waals surface area contributed by atoms with Gasteiger partial charge in [-0.2, -0.15) is 0 Å². The van der Waals surface area contributed by atoms with Crippen LogP contribution in [0, 0.1) is 5.92 Å². The molecular weight excluding hydrogens is 408 g/mol. The van der Waals surface area contributed by atoms with Gasteiger partial charge in [0.05, 0.1) is 4.88 Å². The highest BCUT2D eigenvalue weighted by molar-refractivity contribution is 7.20. The first kappa shape index (κ1) is 22.2. The number of nitrogens with zero attached hydrogens (tertiary/aromatic N) is 2. The first-order chi connectivity index (χ1) is 15.2. The van der Waals surface area contributed by atoms with E-state index >= 15 is 0 Å². The summed E-state index contributed by atoms with van der Waals surface area (Å²) in [5, 5.41) is 7.08. The molecule has 2 aromatic heterocycles. The Bertz CT molecular complexity index is 898. The summed E-state index contributed by atoms with van der Waals surface area (Å²) >= 11 is 1.50. The molecule has 2 aromatic rings. The lowest BCUT2D eigenvalue weighted by Gasteiger charge is -2.29. The lowest BCUT2D eigenvalue weighted by molar-refractivity contribution is -0.121. The zero-order chi connectivity index (χ0) is 21.6. The van der Waals surface area contributed by atoms with Crippen molar-refractivity contribution in [2.24, 2.45) is 5.92 Å². The number of fused-ring (bicyclic) bond motifs is 1. The first-order valence-corrected chi connectivity index (χ1v) is 12.6. The Balaban J connectivity index is 1.27. The van der Waals surface area contributed by atoms with Crippen molar-refractivity contribution < 1.29 is 9.59 Å². The Kier molecular flexibility index (Phi) is 7.56. The Morgan fingerprint density at radius 2 is 1.97 bits per heavy atom. The van der Waals surface area contributed by atoms with E-state index in [1.54, 1.807) is 13.2 Å². The number of amides is 2. The van der Waals surface area contributed by atoms with Crippen LogP contribution in [0.25, 0.3) is 10.2 Å². The fourth-order valence-electron chi connectivity index (χ4n) is 5.11. The maximum Gasteiger partial charge on any atom is 0.261 e. The molecule has 0 unspecified atom stereocenters. The van der Waals surface area contributed by atoms with Crippen LogP contribution in [0.4, 0.5) is 0 Å². The van der Waals surface area contributed by atoms with Crippen LogP contribution in [0.15, 0.2) is 18.3 Å². The largest absolute Gasteiger partial charge is 0.356 e. The molecule has 1 aliphatic heterocycles.